The molecule has 0 spiro atoms. The summed E-state index contributed by atoms with van der Waals surface area (Å²) < 4.78 is 0. The van der Waals surface area contributed by atoms with Crippen LogP contribution in [0.2, 0.25) is 0 Å². The van der Waals surface area contributed by atoms with Crippen LogP contribution in [0.25, 0.3) is 0 Å². The van der Waals surface area contributed by atoms with Crippen molar-refractivity contribution in [3.63, 3.8) is 0 Å². The predicted molar refractivity (Wildman–Crippen MR) is 64.9 cm³/mol. The van der Waals surface area contributed by atoms with Gasteiger partial charge in [-0.2, -0.15) is 0 Å². The molecule has 92 valence electrons. The number of nitrogens with zero attached hydrogens (tertiary/aromatic N) is 1. The SMILES string of the molecule is CN(CC1CC1)C(=O)C1CCCCC1(C)N. The lowest BCUT2D eigenvalue weighted by Gasteiger charge is -2.39. The number of rotatable bonds is 3. The van der Waals surface area contributed by atoms with Gasteiger partial charge in [0.1, 0.15) is 0 Å². The molecule has 2 fully saturated rings. The van der Waals surface area contributed by atoms with Crippen LogP contribution in [0.3, 0.4) is 0 Å². The summed E-state index contributed by atoms with van der Waals surface area (Å²) in [4.78, 5) is 14.2. The highest BCUT2D eigenvalue weighted by Gasteiger charge is 2.39. The van der Waals surface area contributed by atoms with Gasteiger partial charge >= 0.3 is 0 Å². The molecule has 16 heavy (non-hydrogen) atoms. The van der Waals surface area contributed by atoms with E-state index >= 15 is 0 Å². The summed E-state index contributed by atoms with van der Waals surface area (Å²) in [5, 5.41) is 0. The van der Waals surface area contributed by atoms with Crippen molar-refractivity contribution in [2.45, 2.75) is 51.0 Å². The Balaban J connectivity index is 1.95. The van der Waals surface area contributed by atoms with Crippen molar-refractivity contribution in [1.29, 1.82) is 0 Å². The van der Waals surface area contributed by atoms with Gasteiger partial charge in [0, 0.05) is 19.1 Å². The molecular weight excluding hydrogens is 200 g/mol. The molecule has 3 nitrogen and oxygen atoms in total. The minimum absolute atomic E-state index is 0.0463. The minimum Gasteiger partial charge on any atom is -0.345 e. The molecule has 0 radical (unpaired) electrons. The zero-order valence-corrected chi connectivity index (χ0v) is 10.5. The lowest BCUT2D eigenvalue weighted by atomic mass is 9.74. The van der Waals surface area contributed by atoms with Crippen LogP contribution in [-0.4, -0.2) is 29.9 Å². The minimum atomic E-state index is -0.285. The number of amides is 1. The highest BCUT2D eigenvalue weighted by molar-refractivity contribution is 5.80. The first-order valence-electron chi connectivity index (χ1n) is 6.54. The second-order valence-electron chi connectivity index (χ2n) is 5.97. The Labute approximate surface area is 98.4 Å². The number of carbonyl (C=O) groups excluding carboxylic acids is 1. The van der Waals surface area contributed by atoms with Gasteiger partial charge < -0.3 is 10.6 Å². The summed E-state index contributed by atoms with van der Waals surface area (Å²) >= 11 is 0. The topological polar surface area (TPSA) is 46.3 Å². The van der Waals surface area contributed by atoms with E-state index < -0.39 is 0 Å². The fourth-order valence-electron chi connectivity index (χ4n) is 2.81. The highest BCUT2D eigenvalue weighted by Crippen LogP contribution is 2.34. The summed E-state index contributed by atoms with van der Waals surface area (Å²) in [6.45, 7) is 2.98. The number of hydrogen-bond acceptors (Lipinski definition) is 2. The van der Waals surface area contributed by atoms with Crippen LogP contribution in [-0.2, 0) is 4.79 Å². The van der Waals surface area contributed by atoms with Crippen LogP contribution in [0.15, 0.2) is 0 Å². The fraction of sp³-hybridized carbons (Fsp3) is 0.923. The largest absolute Gasteiger partial charge is 0.345 e. The monoisotopic (exact) mass is 224 g/mol. The van der Waals surface area contributed by atoms with Gasteiger partial charge in [-0.1, -0.05) is 12.8 Å². The zero-order chi connectivity index (χ0) is 11.8. The maximum atomic E-state index is 12.3. The van der Waals surface area contributed by atoms with Crippen molar-refractivity contribution < 1.29 is 4.79 Å². The third-order valence-electron chi connectivity index (χ3n) is 4.16. The molecule has 0 aromatic rings. The third-order valence-corrected chi connectivity index (χ3v) is 4.16. The predicted octanol–water partition coefficient (Wildman–Crippen LogP) is 1.76. The molecule has 0 heterocycles. The van der Waals surface area contributed by atoms with Gasteiger partial charge in [-0.3, -0.25) is 4.79 Å². The third kappa shape index (κ3) is 2.57. The van der Waals surface area contributed by atoms with Gasteiger partial charge in [-0.15, -0.1) is 0 Å². The molecule has 2 N–H and O–H groups in total. The number of carbonyl (C=O) groups is 1. The molecule has 2 unspecified atom stereocenters. The quantitative estimate of drug-likeness (QED) is 0.794. The summed E-state index contributed by atoms with van der Waals surface area (Å²) in [7, 11) is 1.94. The zero-order valence-electron chi connectivity index (χ0n) is 10.5. The Morgan fingerprint density at radius 2 is 2.06 bits per heavy atom. The normalized spacial score (nSPS) is 34.8. The Morgan fingerprint density at radius 3 is 2.62 bits per heavy atom. The second-order valence-corrected chi connectivity index (χ2v) is 5.97. The first-order chi connectivity index (χ1) is 7.50. The second kappa shape index (κ2) is 4.36. The molecule has 1 amide bonds. The molecule has 0 aromatic heterocycles. The van der Waals surface area contributed by atoms with Crippen molar-refractivity contribution in [2.24, 2.45) is 17.6 Å². The van der Waals surface area contributed by atoms with E-state index in [0.717, 1.165) is 31.7 Å². The van der Waals surface area contributed by atoms with E-state index in [0.29, 0.717) is 0 Å². The van der Waals surface area contributed by atoms with E-state index in [2.05, 4.69) is 0 Å². The van der Waals surface area contributed by atoms with E-state index in [1.54, 1.807) is 0 Å². The summed E-state index contributed by atoms with van der Waals surface area (Å²) in [6, 6.07) is 0. The molecular formula is C13H24N2O. The average Bonchev–Trinajstić information content (AvgIpc) is 3.00. The van der Waals surface area contributed by atoms with Crippen LogP contribution < -0.4 is 5.73 Å². The van der Waals surface area contributed by atoms with Crippen LogP contribution >= 0.6 is 0 Å². The Kier molecular flexibility index (Phi) is 3.24. The standard InChI is InChI=1S/C13H24N2O/c1-13(14)8-4-3-5-11(13)12(16)15(2)9-10-6-7-10/h10-11H,3-9,14H2,1-2H3. The molecule has 2 aliphatic rings. The lowest BCUT2D eigenvalue weighted by molar-refractivity contribution is -0.137. The van der Waals surface area contributed by atoms with E-state index in [1.165, 1.54) is 19.3 Å². The lowest BCUT2D eigenvalue weighted by Crippen LogP contribution is -2.53. The Hall–Kier alpha value is -0.570. The van der Waals surface area contributed by atoms with Gasteiger partial charge in [0.2, 0.25) is 5.91 Å². The van der Waals surface area contributed by atoms with E-state index in [4.69, 9.17) is 5.73 Å². The van der Waals surface area contributed by atoms with Gasteiger partial charge in [0.15, 0.2) is 0 Å². The molecule has 0 aliphatic heterocycles. The van der Waals surface area contributed by atoms with Crippen LogP contribution in [0.4, 0.5) is 0 Å². The molecule has 2 saturated carbocycles. The molecule has 0 bridgehead atoms. The maximum absolute atomic E-state index is 12.3. The molecule has 0 saturated heterocycles. The number of nitrogens with two attached hydrogens (primary N) is 1. The number of hydrogen-bond donors (Lipinski definition) is 1. The smallest absolute Gasteiger partial charge is 0.227 e. The van der Waals surface area contributed by atoms with Gasteiger partial charge in [0.05, 0.1) is 5.92 Å². The molecule has 2 aliphatic carbocycles. The van der Waals surface area contributed by atoms with Crippen molar-refractivity contribution in [3.05, 3.63) is 0 Å². The summed E-state index contributed by atoms with van der Waals surface area (Å²) in [6.07, 6.45) is 6.87. The summed E-state index contributed by atoms with van der Waals surface area (Å²) in [5.41, 5.74) is 5.98. The maximum Gasteiger partial charge on any atom is 0.227 e. The van der Waals surface area contributed by atoms with Gasteiger partial charge in [-0.05, 0) is 38.5 Å². The van der Waals surface area contributed by atoms with Gasteiger partial charge in [0.25, 0.3) is 0 Å². The van der Waals surface area contributed by atoms with Crippen molar-refractivity contribution in [1.82, 2.24) is 4.90 Å². The summed E-state index contributed by atoms with van der Waals surface area (Å²) in [5.74, 6) is 1.09. The van der Waals surface area contributed by atoms with E-state index in [1.807, 2.05) is 18.9 Å². The molecule has 2 rings (SSSR count). The Morgan fingerprint density at radius 1 is 1.38 bits per heavy atom. The molecule has 2 atom stereocenters. The van der Waals surface area contributed by atoms with Crippen LogP contribution in [0.1, 0.15) is 45.4 Å². The first kappa shape index (κ1) is 11.9. The molecule has 0 aromatic carbocycles. The van der Waals surface area contributed by atoms with Crippen LogP contribution in [0, 0.1) is 11.8 Å². The van der Waals surface area contributed by atoms with E-state index in [-0.39, 0.29) is 17.4 Å². The Bertz CT molecular complexity index is 271. The molecule has 3 heteroatoms. The van der Waals surface area contributed by atoms with Gasteiger partial charge in [-0.25, -0.2) is 0 Å². The van der Waals surface area contributed by atoms with Crippen molar-refractivity contribution >= 4 is 5.91 Å². The first-order valence-corrected chi connectivity index (χ1v) is 6.54. The van der Waals surface area contributed by atoms with E-state index in [9.17, 15) is 4.79 Å². The van der Waals surface area contributed by atoms with Crippen LogP contribution in [0.5, 0.6) is 0 Å². The van der Waals surface area contributed by atoms with Crippen molar-refractivity contribution in [2.75, 3.05) is 13.6 Å². The average molecular weight is 224 g/mol. The fourth-order valence-corrected chi connectivity index (χ4v) is 2.81. The van der Waals surface area contributed by atoms with Crippen molar-refractivity contribution in [3.8, 4) is 0 Å². The highest BCUT2D eigenvalue weighted by atomic mass is 16.2.